The first kappa shape index (κ1) is 17.1. The highest BCUT2D eigenvalue weighted by molar-refractivity contribution is 7.99. The third-order valence-corrected chi connectivity index (χ3v) is 4.84. The fraction of sp³-hybridized carbons (Fsp3) is 0.857. The van der Waals surface area contributed by atoms with Crippen LogP contribution in [-0.2, 0) is 4.79 Å². The van der Waals surface area contributed by atoms with E-state index in [1.165, 1.54) is 0 Å². The van der Waals surface area contributed by atoms with Gasteiger partial charge in [0.05, 0.1) is 0 Å². The van der Waals surface area contributed by atoms with E-state index in [4.69, 9.17) is 5.11 Å². The summed E-state index contributed by atoms with van der Waals surface area (Å²) in [6.45, 7) is 4.33. The van der Waals surface area contributed by atoms with Crippen molar-refractivity contribution in [2.45, 2.75) is 44.3 Å². The van der Waals surface area contributed by atoms with Gasteiger partial charge in [0.2, 0.25) is 0 Å². The van der Waals surface area contributed by atoms with Gasteiger partial charge in [-0.15, -0.1) is 0 Å². The first-order chi connectivity index (χ1) is 9.52. The fourth-order valence-electron chi connectivity index (χ4n) is 2.42. The van der Waals surface area contributed by atoms with E-state index in [9.17, 15) is 9.59 Å². The van der Waals surface area contributed by atoms with Crippen LogP contribution in [0.3, 0.4) is 0 Å². The number of amides is 2. The topological polar surface area (TPSA) is 69.6 Å². The summed E-state index contributed by atoms with van der Waals surface area (Å²) in [6, 6.07) is -0.00155. The van der Waals surface area contributed by atoms with E-state index < -0.39 is 5.97 Å². The third-order valence-electron chi connectivity index (χ3n) is 3.80. The molecule has 2 atom stereocenters. The van der Waals surface area contributed by atoms with Gasteiger partial charge in [-0.25, -0.2) is 4.79 Å². The zero-order valence-electron chi connectivity index (χ0n) is 12.4. The molecule has 5 nitrogen and oxygen atoms in total. The minimum Gasteiger partial charge on any atom is -0.481 e. The molecule has 1 aliphatic rings. The predicted octanol–water partition coefficient (Wildman–Crippen LogP) is 2.41. The molecule has 6 heteroatoms. The second kappa shape index (κ2) is 9.10. The third kappa shape index (κ3) is 6.50. The van der Waals surface area contributed by atoms with E-state index in [0.717, 1.165) is 25.8 Å². The Morgan fingerprint density at radius 3 is 2.90 bits per heavy atom. The minimum atomic E-state index is -0.752. The average Bonchev–Trinajstić information content (AvgIpc) is 2.45. The standard InChI is InChI=1S/C14H26N2O3S/c1-11(20-2)7-8-15-14(19)16-9-3-4-12(10-16)5-6-13(17)18/h11-12H,3-10H2,1-2H3,(H,15,19)(H,17,18). The van der Waals surface area contributed by atoms with Crippen LogP contribution < -0.4 is 5.32 Å². The first-order valence-electron chi connectivity index (χ1n) is 7.30. The molecule has 0 radical (unpaired) electrons. The number of nitrogens with one attached hydrogen (secondary N) is 1. The molecule has 0 saturated carbocycles. The number of piperidine rings is 1. The zero-order chi connectivity index (χ0) is 15.0. The Morgan fingerprint density at radius 1 is 1.50 bits per heavy atom. The highest BCUT2D eigenvalue weighted by Crippen LogP contribution is 2.21. The van der Waals surface area contributed by atoms with Crippen LogP contribution in [0.4, 0.5) is 4.79 Å². The molecule has 1 rings (SSSR count). The van der Waals surface area contributed by atoms with Crippen molar-refractivity contribution in [2.75, 3.05) is 25.9 Å². The molecule has 1 aliphatic heterocycles. The lowest BCUT2D eigenvalue weighted by atomic mass is 9.93. The summed E-state index contributed by atoms with van der Waals surface area (Å²) in [5.41, 5.74) is 0. The molecule has 0 spiro atoms. The van der Waals surface area contributed by atoms with E-state index in [2.05, 4.69) is 18.5 Å². The number of carboxylic acids is 1. The van der Waals surface area contributed by atoms with Crippen LogP contribution in [0.5, 0.6) is 0 Å². The summed E-state index contributed by atoms with van der Waals surface area (Å²) >= 11 is 1.80. The van der Waals surface area contributed by atoms with Gasteiger partial charge in [-0.3, -0.25) is 4.79 Å². The van der Waals surface area contributed by atoms with Crippen molar-refractivity contribution in [3.8, 4) is 0 Å². The van der Waals surface area contributed by atoms with Crippen LogP contribution in [0, 0.1) is 5.92 Å². The van der Waals surface area contributed by atoms with E-state index in [1.54, 1.807) is 11.8 Å². The Labute approximate surface area is 125 Å². The van der Waals surface area contributed by atoms with E-state index in [0.29, 0.717) is 30.7 Å². The van der Waals surface area contributed by atoms with Gasteiger partial charge in [-0.05, 0) is 37.9 Å². The van der Waals surface area contributed by atoms with Crippen molar-refractivity contribution in [3.05, 3.63) is 0 Å². The van der Waals surface area contributed by atoms with Gasteiger partial charge in [-0.1, -0.05) is 6.92 Å². The Balaban J connectivity index is 2.27. The van der Waals surface area contributed by atoms with Crippen molar-refractivity contribution in [2.24, 2.45) is 5.92 Å². The summed E-state index contributed by atoms with van der Waals surface area (Å²) in [5, 5.41) is 12.2. The van der Waals surface area contributed by atoms with Gasteiger partial charge in [0.25, 0.3) is 0 Å². The molecule has 0 aromatic rings. The first-order valence-corrected chi connectivity index (χ1v) is 8.59. The van der Waals surface area contributed by atoms with Gasteiger partial charge < -0.3 is 15.3 Å². The van der Waals surface area contributed by atoms with E-state index >= 15 is 0 Å². The Morgan fingerprint density at radius 2 is 2.25 bits per heavy atom. The molecule has 1 saturated heterocycles. The number of hydrogen-bond acceptors (Lipinski definition) is 3. The predicted molar refractivity (Wildman–Crippen MR) is 82.2 cm³/mol. The number of nitrogens with zero attached hydrogens (tertiary/aromatic N) is 1. The number of urea groups is 1. The lowest BCUT2D eigenvalue weighted by molar-refractivity contribution is -0.137. The van der Waals surface area contributed by atoms with E-state index in [-0.39, 0.29) is 12.5 Å². The van der Waals surface area contributed by atoms with Crippen LogP contribution in [0.25, 0.3) is 0 Å². The molecular formula is C14H26N2O3S. The van der Waals surface area contributed by atoms with Crippen LogP contribution >= 0.6 is 11.8 Å². The van der Waals surface area contributed by atoms with Gasteiger partial charge >= 0.3 is 12.0 Å². The minimum absolute atomic E-state index is 0.00155. The normalized spacial score (nSPS) is 20.5. The van der Waals surface area contributed by atoms with Gasteiger partial charge in [0.15, 0.2) is 0 Å². The molecular weight excluding hydrogens is 276 g/mol. The highest BCUT2D eigenvalue weighted by atomic mass is 32.2. The monoisotopic (exact) mass is 302 g/mol. The number of aliphatic carboxylic acids is 1. The highest BCUT2D eigenvalue weighted by Gasteiger charge is 2.23. The van der Waals surface area contributed by atoms with Crippen LogP contribution in [0.15, 0.2) is 0 Å². The molecule has 1 heterocycles. The summed E-state index contributed by atoms with van der Waals surface area (Å²) in [4.78, 5) is 24.5. The van der Waals surface area contributed by atoms with Crippen molar-refractivity contribution in [1.82, 2.24) is 10.2 Å². The molecule has 0 aromatic carbocycles. The second-order valence-electron chi connectivity index (χ2n) is 5.45. The summed E-state index contributed by atoms with van der Waals surface area (Å²) in [6.07, 6.45) is 5.92. The van der Waals surface area contributed by atoms with Crippen LogP contribution in [0.1, 0.15) is 39.0 Å². The van der Waals surface area contributed by atoms with Crippen molar-refractivity contribution < 1.29 is 14.7 Å². The van der Waals surface area contributed by atoms with Crippen molar-refractivity contribution in [3.63, 3.8) is 0 Å². The number of carbonyl (C=O) groups excluding carboxylic acids is 1. The molecule has 0 aromatic heterocycles. The number of carboxylic acid groups (broad SMARTS) is 1. The number of thioether (sulfide) groups is 1. The smallest absolute Gasteiger partial charge is 0.317 e. The second-order valence-corrected chi connectivity index (χ2v) is 6.73. The Bertz CT molecular complexity index is 326. The number of rotatable bonds is 7. The zero-order valence-corrected chi connectivity index (χ0v) is 13.2. The van der Waals surface area contributed by atoms with Crippen LogP contribution in [-0.4, -0.2) is 53.1 Å². The van der Waals surface area contributed by atoms with Gasteiger partial charge in [0.1, 0.15) is 0 Å². The molecule has 116 valence electrons. The molecule has 0 bridgehead atoms. The summed E-state index contributed by atoms with van der Waals surface area (Å²) in [7, 11) is 0. The summed E-state index contributed by atoms with van der Waals surface area (Å²) in [5.74, 6) is -0.423. The molecule has 1 fully saturated rings. The largest absolute Gasteiger partial charge is 0.481 e. The average molecular weight is 302 g/mol. The number of hydrogen-bond donors (Lipinski definition) is 2. The summed E-state index contributed by atoms with van der Waals surface area (Å²) < 4.78 is 0. The quantitative estimate of drug-likeness (QED) is 0.758. The number of carbonyl (C=O) groups is 2. The SMILES string of the molecule is CSC(C)CCNC(=O)N1CCCC(CCC(=O)O)C1. The molecule has 2 amide bonds. The lowest BCUT2D eigenvalue weighted by Crippen LogP contribution is -2.46. The van der Waals surface area contributed by atoms with Gasteiger partial charge in [-0.2, -0.15) is 11.8 Å². The molecule has 2 unspecified atom stereocenters. The molecule has 20 heavy (non-hydrogen) atoms. The molecule has 0 aliphatic carbocycles. The van der Waals surface area contributed by atoms with Crippen molar-refractivity contribution in [1.29, 1.82) is 0 Å². The van der Waals surface area contributed by atoms with Gasteiger partial charge in [0, 0.05) is 31.3 Å². The maximum atomic E-state index is 12.0. The maximum absolute atomic E-state index is 12.0. The van der Waals surface area contributed by atoms with E-state index in [1.807, 2.05) is 4.90 Å². The fourth-order valence-corrected chi connectivity index (χ4v) is 2.78. The lowest BCUT2D eigenvalue weighted by Gasteiger charge is -2.32. The Kier molecular flexibility index (Phi) is 7.80. The Hall–Kier alpha value is -0.910. The maximum Gasteiger partial charge on any atom is 0.317 e. The van der Waals surface area contributed by atoms with Crippen molar-refractivity contribution >= 4 is 23.8 Å². The molecule has 2 N–H and O–H groups in total. The van der Waals surface area contributed by atoms with Crippen LogP contribution in [0.2, 0.25) is 0 Å². The number of likely N-dealkylation sites (tertiary alicyclic amines) is 1.